The summed E-state index contributed by atoms with van der Waals surface area (Å²) in [7, 11) is 0. The quantitative estimate of drug-likeness (QED) is 0.688. The molecule has 0 fully saturated rings. The van der Waals surface area contributed by atoms with Gasteiger partial charge < -0.3 is 5.11 Å². The molecule has 1 rings (SSSR count). The third-order valence-corrected chi connectivity index (χ3v) is 2.14. The molecule has 0 atom stereocenters. The van der Waals surface area contributed by atoms with Crippen LogP contribution in [0.25, 0.3) is 0 Å². The highest BCUT2D eigenvalue weighted by atomic mass is 32.1. The Bertz CT molecular complexity index is 258. The standard InChI is InChI=1S/C10H14OS/c1-2-3-4-8-7-9(12)5-6-10(8)11/h5-7,11-12H,2-4H2,1H3. The van der Waals surface area contributed by atoms with E-state index in [0.717, 1.165) is 29.7 Å². The first kappa shape index (κ1) is 9.46. The lowest BCUT2D eigenvalue weighted by molar-refractivity contribution is 0.466. The predicted molar refractivity (Wildman–Crippen MR) is 54.0 cm³/mol. The van der Waals surface area contributed by atoms with E-state index in [-0.39, 0.29) is 0 Å². The SMILES string of the molecule is CCCCc1cc(S)ccc1O. The molecule has 0 radical (unpaired) electrons. The van der Waals surface area contributed by atoms with E-state index >= 15 is 0 Å². The highest BCUT2D eigenvalue weighted by molar-refractivity contribution is 7.80. The smallest absolute Gasteiger partial charge is 0.118 e. The third kappa shape index (κ3) is 2.45. The minimum absolute atomic E-state index is 0.390. The van der Waals surface area contributed by atoms with E-state index in [2.05, 4.69) is 19.6 Å². The van der Waals surface area contributed by atoms with Crippen LogP contribution in [0.3, 0.4) is 0 Å². The summed E-state index contributed by atoms with van der Waals surface area (Å²) in [6, 6.07) is 5.43. The first-order valence-electron chi connectivity index (χ1n) is 4.25. The number of phenolic OH excluding ortho intramolecular Hbond substituents is 1. The lowest BCUT2D eigenvalue weighted by Crippen LogP contribution is -1.85. The van der Waals surface area contributed by atoms with Crippen molar-refractivity contribution in [2.75, 3.05) is 0 Å². The third-order valence-electron chi connectivity index (χ3n) is 1.86. The summed E-state index contributed by atoms with van der Waals surface area (Å²) in [5.41, 5.74) is 1.00. The van der Waals surface area contributed by atoms with E-state index in [4.69, 9.17) is 0 Å². The van der Waals surface area contributed by atoms with Crippen molar-refractivity contribution in [3.8, 4) is 5.75 Å². The van der Waals surface area contributed by atoms with E-state index in [1.165, 1.54) is 0 Å². The van der Waals surface area contributed by atoms with Gasteiger partial charge in [-0.1, -0.05) is 13.3 Å². The minimum Gasteiger partial charge on any atom is -0.508 e. The number of unbranched alkanes of at least 4 members (excludes halogenated alkanes) is 1. The van der Waals surface area contributed by atoms with Gasteiger partial charge in [-0.05, 0) is 36.6 Å². The molecule has 0 amide bonds. The maximum absolute atomic E-state index is 9.43. The van der Waals surface area contributed by atoms with Crippen LogP contribution in [0.15, 0.2) is 23.1 Å². The van der Waals surface area contributed by atoms with Gasteiger partial charge in [0, 0.05) is 4.90 Å². The Kier molecular flexibility index (Phi) is 3.48. The van der Waals surface area contributed by atoms with Crippen LogP contribution in [0.1, 0.15) is 25.3 Å². The van der Waals surface area contributed by atoms with Gasteiger partial charge in [-0.15, -0.1) is 12.6 Å². The van der Waals surface area contributed by atoms with Crippen molar-refractivity contribution in [2.24, 2.45) is 0 Å². The molecule has 1 N–H and O–H groups in total. The monoisotopic (exact) mass is 182 g/mol. The maximum Gasteiger partial charge on any atom is 0.118 e. The van der Waals surface area contributed by atoms with Crippen molar-refractivity contribution in [1.82, 2.24) is 0 Å². The van der Waals surface area contributed by atoms with Gasteiger partial charge in [-0.3, -0.25) is 0 Å². The van der Waals surface area contributed by atoms with Crippen molar-refractivity contribution in [3.05, 3.63) is 23.8 Å². The lowest BCUT2D eigenvalue weighted by Gasteiger charge is -2.03. The summed E-state index contributed by atoms with van der Waals surface area (Å²) in [4.78, 5) is 0.916. The second-order valence-electron chi connectivity index (χ2n) is 2.92. The summed E-state index contributed by atoms with van der Waals surface area (Å²) in [5, 5.41) is 9.43. The number of thiol groups is 1. The van der Waals surface area contributed by atoms with Crippen LogP contribution in [0.2, 0.25) is 0 Å². The first-order chi connectivity index (χ1) is 5.74. The molecule has 66 valence electrons. The van der Waals surface area contributed by atoms with Crippen LogP contribution in [-0.2, 0) is 6.42 Å². The van der Waals surface area contributed by atoms with Crippen LogP contribution in [0.5, 0.6) is 5.75 Å². The molecule has 0 aliphatic rings. The molecular formula is C10H14OS. The van der Waals surface area contributed by atoms with Gasteiger partial charge in [-0.2, -0.15) is 0 Å². The summed E-state index contributed by atoms with van der Waals surface area (Å²) < 4.78 is 0. The second kappa shape index (κ2) is 4.41. The molecule has 0 bridgehead atoms. The molecule has 12 heavy (non-hydrogen) atoms. The molecule has 0 aromatic heterocycles. The molecule has 2 heteroatoms. The van der Waals surface area contributed by atoms with Gasteiger partial charge in [0.2, 0.25) is 0 Å². The molecule has 1 nitrogen and oxygen atoms in total. The molecule has 0 saturated carbocycles. The van der Waals surface area contributed by atoms with Gasteiger partial charge >= 0.3 is 0 Å². The number of hydrogen-bond acceptors (Lipinski definition) is 2. The molecule has 0 heterocycles. The number of aryl methyl sites for hydroxylation is 1. The van der Waals surface area contributed by atoms with Crippen molar-refractivity contribution in [3.63, 3.8) is 0 Å². The number of hydrogen-bond donors (Lipinski definition) is 2. The minimum atomic E-state index is 0.390. The summed E-state index contributed by atoms with van der Waals surface area (Å²) in [5.74, 6) is 0.390. The average Bonchev–Trinajstić information content (AvgIpc) is 2.07. The summed E-state index contributed by atoms with van der Waals surface area (Å²) in [6.07, 6.45) is 3.21. The molecule has 0 unspecified atom stereocenters. The first-order valence-corrected chi connectivity index (χ1v) is 4.69. The van der Waals surface area contributed by atoms with Crippen LogP contribution >= 0.6 is 12.6 Å². The zero-order valence-corrected chi connectivity index (χ0v) is 8.14. The normalized spacial score (nSPS) is 10.2. The van der Waals surface area contributed by atoms with Crippen LogP contribution < -0.4 is 0 Å². The van der Waals surface area contributed by atoms with E-state index < -0.39 is 0 Å². The van der Waals surface area contributed by atoms with Gasteiger partial charge in [0.1, 0.15) is 5.75 Å². The fourth-order valence-electron chi connectivity index (χ4n) is 1.14. The Balaban J connectivity index is 2.75. The molecule has 0 spiro atoms. The molecule has 1 aromatic carbocycles. The van der Waals surface area contributed by atoms with E-state index in [1.54, 1.807) is 12.1 Å². The number of aromatic hydroxyl groups is 1. The van der Waals surface area contributed by atoms with Crippen LogP contribution in [-0.4, -0.2) is 5.11 Å². The Morgan fingerprint density at radius 3 is 2.83 bits per heavy atom. The molecular weight excluding hydrogens is 168 g/mol. The van der Waals surface area contributed by atoms with Gasteiger partial charge in [0.25, 0.3) is 0 Å². The van der Waals surface area contributed by atoms with Crippen molar-refractivity contribution >= 4 is 12.6 Å². The number of rotatable bonds is 3. The molecule has 0 saturated heterocycles. The topological polar surface area (TPSA) is 20.2 Å². The largest absolute Gasteiger partial charge is 0.508 e. The number of benzene rings is 1. The summed E-state index contributed by atoms with van der Waals surface area (Å²) in [6.45, 7) is 2.14. The van der Waals surface area contributed by atoms with Gasteiger partial charge in [-0.25, -0.2) is 0 Å². The van der Waals surface area contributed by atoms with Gasteiger partial charge in [0.15, 0.2) is 0 Å². The molecule has 0 aliphatic heterocycles. The summed E-state index contributed by atoms with van der Waals surface area (Å²) >= 11 is 4.21. The second-order valence-corrected chi connectivity index (χ2v) is 3.43. The predicted octanol–water partition coefficient (Wildman–Crippen LogP) is 3.02. The lowest BCUT2D eigenvalue weighted by atomic mass is 10.1. The zero-order valence-electron chi connectivity index (χ0n) is 7.25. The fraction of sp³-hybridized carbons (Fsp3) is 0.400. The van der Waals surface area contributed by atoms with E-state index in [0.29, 0.717) is 5.75 Å². The average molecular weight is 182 g/mol. The Morgan fingerprint density at radius 1 is 1.42 bits per heavy atom. The van der Waals surface area contributed by atoms with Crippen molar-refractivity contribution in [2.45, 2.75) is 31.1 Å². The van der Waals surface area contributed by atoms with Crippen LogP contribution in [0, 0.1) is 0 Å². The van der Waals surface area contributed by atoms with Crippen molar-refractivity contribution < 1.29 is 5.11 Å². The fourth-order valence-corrected chi connectivity index (χ4v) is 1.37. The molecule has 1 aromatic rings. The van der Waals surface area contributed by atoms with E-state index in [9.17, 15) is 5.11 Å². The zero-order chi connectivity index (χ0) is 8.97. The highest BCUT2D eigenvalue weighted by Crippen LogP contribution is 2.21. The Hall–Kier alpha value is -0.630. The van der Waals surface area contributed by atoms with Gasteiger partial charge in [0.05, 0.1) is 0 Å². The number of phenols is 1. The van der Waals surface area contributed by atoms with Crippen LogP contribution in [0.4, 0.5) is 0 Å². The van der Waals surface area contributed by atoms with Crippen molar-refractivity contribution in [1.29, 1.82) is 0 Å². The van der Waals surface area contributed by atoms with E-state index in [1.807, 2.05) is 6.07 Å². The Morgan fingerprint density at radius 2 is 2.17 bits per heavy atom. The maximum atomic E-state index is 9.43. The highest BCUT2D eigenvalue weighted by Gasteiger charge is 1.99. The molecule has 0 aliphatic carbocycles. The Labute approximate surface area is 78.8 Å².